The summed E-state index contributed by atoms with van der Waals surface area (Å²) in [6.45, 7) is 1.69. The highest BCUT2D eigenvalue weighted by Crippen LogP contribution is 2.42. The minimum Gasteiger partial charge on any atom is -0.478 e. The molecule has 1 aromatic rings. The Balaban J connectivity index is 2.22. The summed E-state index contributed by atoms with van der Waals surface area (Å²) in [6.07, 6.45) is 1.87. The minimum atomic E-state index is -1.08. The van der Waals surface area contributed by atoms with Crippen molar-refractivity contribution in [3.63, 3.8) is 0 Å². The van der Waals surface area contributed by atoms with Crippen LogP contribution in [-0.4, -0.2) is 16.9 Å². The van der Waals surface area contributed by atoms with E-state index in [1.165, 1.54) is 6.07 Å². The number of aliphatic carboxylic acids is 1. The number of carbonyl (C=O) groups is 2. The molecule has 0 spiro atoms. The third kappa shape index (κ3) is 2.72. The number of allylic oxidation sites excluding steroid dienone is 3. The van der Waals surface area contributed by atoms with Gasteiger partial charge in [-0.05, 0) is 53.4 Å². The molecule has 1 aliphatic heterocycles. The monoisotopic (exact) mass is 379 g/mol. The number of dihydropyridines is 1. The average Bonchev–Trinajstić information content (AvgIpc) is 2.48. The van der Waals surface area contributed by atoms with Crippen LogP contribution in [0.1, 0.15) is 37.7 Å². The van der Waals surface area contributed by atoms with Crippen molar-refractivity contribution in [3.05, 3.63) is 56.6 Å². The SMILES string of the molecule is CC1=C(C(=O)O)C(c2ccc(F)c(Br)c2)C2=C(CCCC2=O)N1. The van der Waals surface area contributed by atoms with Gasteiger partial charge in [0.1, 0.15) is 5.82 Å². The van der Waals surface area contributed by atoms with Crippen LogP contribution in [0.4, 0.5) is 4.39 Å². The van der Waals surface area contributed by atoms with Gasteiger partial charge in [-0.2, -0.15) is 0 Å². The highest BCUT2D eigenvalue weighted by molar-refractivity contribution is 9.10. The van der Waals surface area contributed by atoms with E-state index in [4.69, 9.17) is 0 Å². The van der Waals surface area contributed by atoms with Crippen LogP contribution in [0.2, 0.25) is 0 Å². The highest BCUT2D eigenvalue weighted by atomic mass is 79.9. The van der Waals surface area contributed by atoms with Crippen molar-refractivity contribution >= 4 is 27.7 Å². The number of benzene rings is 1. The minimum absolute atomic E-state index is 0.0459. The fourth-order valence-electron chi connectivity index (χ4n) is 3.29. The molecular formula is C17H15BrFNO3. The lowest BCUT2D eigenvalue weighted by molar-refractivity contribution is -0.133. The lowest BCUT2D eigenvalue weighted by Gasteiger charge is -2.33. The molecule has 0 aromatic heterocycles. The van der Waals surface area contributed by atoms with Gasteiger partial charge in [0.25, 0.3) is 0 Å². The summed E-state index contributed by atoms with van der Waals surface area (Å²) >= 11 is 3.13. The molecule has 1 aliphatic carbocycles. The Hall–Kier alpha value is -1.95. The van der Waals surface area contributed by atoms with Crippen LogP contribution in [0.5, 0.6) is 0 Å². The summed E-state index contributed by atoms with van der Waals surface area (Å²) < 4.78 is 13.8. The fraction of sp³-hybridized carbons (Fsp3) is 0.294. The van der Waals surface area contributed by atoms with Crippen molar-refractivity contribution in [1.82, 2.24) is 5.32 Å². The zero-order chi connectivity index (χ0) is 16.7. The van der Waals surface area contributed by atoms with E-state index in [0.29, 0.717) is 29.7 Å². The smallest absolute Gasteiger partial charge is 0.334 e. The predicted molar refractivity (Wildman–Crippen MR) is 86.2 cm³/mol. The number of carbonyl (C=O) groups excluding carboxylic acids is 1. The molecule has 23 heavy (non-hydrogen) atoms. The topological polar surface area (TPSA) is 66.4 Å². The molecule has 1 aromatic carbocycles. The summed E-state index contributed by atoms with van der Waals surface area (Å²) in [5.74, 6) is -2.22. The molecule has 6 heteroatoms. The van der Waals surface area contributed by atoms with E-state index in [0.717, 1.165) is 12.1 Å². The van der Waals surface area contributed by atoms with Gasteiger partial charge in [0.2, 0.25) is 0 Å². The number of carboxylic acids is 1. The molecule has 1 heterocycles. The van der Waals surface area contributed by atoms with Gasteiger partial charge in [0.15, 0.2) is 5.78 Å². The van der Waals surface area contributed by atoms with Crippen molar-refractivity contribution < 1.29 is 19.1 Å². The molecule has 0 fully saturated rings. The van der Waals surface area contributed by atoms with E-state index in [1.54, 1.807) is 19.1 Å². The Labute approximate surface area is 141 Å². The Morgan fingerprint density at radius 1 is 1.39 bits per heavy atom. The number of rotatable bonds is 2. The van der Waals surface area contributed by atoms with E-state index < -0.39 is 17.7 Å². The molecule has 1 atom stereocenters. The van der Waals surface area contributed by atoms with Gasteiger partial charge < -0.3 is 10.4 Å². The first-order chi connectivity index (χ1) is 10.9. The Morgan fingerprint density at radius 3 is 2.78 bits per heavy atom. The summed E-state index contributed by atoms with van der Waals surface area (Å²) in [5, 5.41) is 12.7. The van der Waals surface area contributed by atoms with Gasteiger partial charge in [-0.25, -0.2) is 9.18 Å². The van der Waals surface area contributed by atoms with Gasteiger partial charge in [0.05, 0.1) is 10.0 Å². The molecule has 0 radical (unpaired) electrons. The van der Waals surface area contributed by atoms with Crippen LogP contribution in [0.15, 0.2) is 45.2 Å². The Kier molecular flexibility index (Phi) is 4.10. The molecule has 4 nitrogen and oxygen atoms in total. The van der Waals surface area contributed by atoms with Crippen molar-refractivity contribution in [2.75, 3.05) is 0 Å². The van der Waals surface area contributed by atoms with E-state index in [-0.39, 0.29) is 15.8 Å². The largest absolute Gasteiger partial charge is 0.478 e. The second-order valence-corrected chi connectivity index (χ2v) is 6.60. The molecule has 0 saturated heterocycles. The quantitative estimate of drug-likeness (QED) is 0.822. The van der Waals surface area contributed by atoms with Gasteiger partial charge in [-0.1, -0.05) is 6.07 Å². The predicted octanol–water partition coefficient (Wildman–Crippen LogP) is 3.64. The average molecular weight is 380 g/mol. The fourth-order valence-corrected chi connectivity index (χ4v) is 3.69. The van der Waals surface area contributed by atoms with Gasteiger partial charge >= 0.3 is 5.97 Å². The summed E-state index contributed by atoms with van der Waals surface area (Å²) in [6, 6.07) is 4.37. The van der Waals surface area contributed by atoms with Gasteiger partial charge in [-0.3, -0.25) is 4.79 Å². The first kappa shape index (κ1) is 15.9. The molecule has 0 saturated carbocycles. The standard InChI is InChI=1S/C17H15BrFNO3/c1-8-14(17(22)23)15(9-5-6-11(19)10(18)7-9)16-12(20-8)3-2-4-13(16)21/h5-7,15,20H,2-4H2,1H3,(H,22,23). The summed E-state index contributed by atoms with van der Waals surface area (Å²) in [5.41, 5.74) is 2.54. The first-order valence-corrected chi connectivity index (χ1v) is 8.11. The molecular weight excluding hydrogens is 365 g/mol. The second kappa shape index (κ2) is 5.92. The number of halogens is 2. The molecule has 1 unspecified atom stereocenters. The molecule has 0 bridgehead atoms. The van der Waals surface area contributed by atoms with E-state index in [2.05, 4.69) is 21.2 Å². The first-order valence-electron chi connectivity index (χ1n) is 7.32. The summed E-state index contributed by atoms with van der Waals surface area (Å²) in [7, 11) is 0. The van der Waals surface area contributed by atoms with Crippen molar-refractivity contribution in [2.45, 2.75) is 32.1 Å². The normalized spacial score (nSPS) is 21.2. The maximum absolute atomic E-state index is 13.5. The van der Waals surface area contributed by atoms with E-state index in [9.17, 15) is 19.1 Å². The van der Waals surface area contributed by atoms with Gasteiger partial charge in [-0.15, -0.1) is 0 Å². The van der Waals surface area contributed by atoms with Crippen LogP contribution < -0.4 is 5.32 Å². The van der Waals surface area contributed by atoms with E-state index >= 15 is 0 Å². The number of nitrogens with one attached hydrogen (secondary N) is 1. The molecule has 0 amide bonds. The van der Waals surface area contributed by atoms with Crippen LogP contribution in [-0.2, 0) is 9.59 Å². The Bertz CT molecular complexity index is 782. The second-order valence-electron chi connectivity index (χ2n) is 5.74. The number of carboxylic acid groups (broad SMARTS) is 1. The number of hydrogen-bond donors (Lipinski definition) is 2. The van der Waals surface area contributed by atoms with Gasteiger partial charge in [0, 0.05) is 29.3 Å². The van der Waals surface area contributed by atoms with Crippen molar-refractivity contribution in [3.8, 4) is 0 Å². The van der Waals surface area contributed by atoms with Crippen molar-refractivity contribution in [2.24, 2.45) is 0 Å². The van der Waals surface area contributed by atoms with Crippen molar-refractivity contribution in [1.29, 1.82) is 0 Å². The lowest BCUT2D eigenvalue weighted by Crippen LogP contribution is -2.33. The zero-order valence-electron chi connectivity index (χ0n) is 12.5. The molecule has 2 aliphatic rings. The maximum Gasteiger partial charge on any atom is 0.334 e. The summed E-state index contributed by atoms with van der Waals surface area (Å²) in [4.78, 5) is 24.2. The van der Waals surface area contributed by atoms with E-state index in [1.807, 2.05) is 0 Å². The lowest BCUT2D eigenvalue weighted by atomic mass is 9.75. The highest BCUT2D eigenvalue weighted by Gasteiger charge is 2.38. The zero-order valence-corrected chi connectivity index (χ0v) is 14.0. The van der Waals surface area contributed by atoms with Crippen LogP contribution in [0.3, 0.4) is 0 Å². The van der Waals surface area contributed by atoms with Crippen LogP contribution in [0, 0.1) is 5.82 Å². The third-order valence-corrected chi connectivity index (χ3v) is 4.89. The molecule has 2 N–H and O–H groups in total. The molecule has 120 valence electrons. The van der Waals surface area contributed by atoms with Crippen LogP contribution >= 0.6 is 15.9 Å². The number of hydrogen-bond acceptors (Lipinski definition) is 3. The Morgan fingerprint density at radius 2 is 2.13 bits per heavy atom. The van der Waals surface area contributed by atoms with Crippen LogP contribution in [0.25, 0.3) is 0 Å². The number of ketones is 1. The third-order valence-electron chi connectivity index (χ3n) is 4.28. The maximum atomic E-state index is 13.5. The number of Topliss-reactive ketones (excluding diaryl/α,β-unsaturated/α-hetero) is 1. The molecule has 3 rings (SSSR count).